The highest BCUT2D eigenvalue weighted by molar-refractivity contribution is 5.83. The van der Waals surface area contributed by atoms with Crippen LogP contribution in [0.4, 0.5) is 0 Å². The number of nitrogens with one attached hydrogen (secondary N) is 1. The van der Waals surface area contributed by atoms with Gasteiger partial charge in [0.15, 0.2) is 0 Å². The fourth-order valence-corrected chi connectivity index (χ4v) is 0.895. The first-order valence-electron chi connectivity index (χ1n) is 6.02. The number of allylic oxidation sites excluding steroid dienone is 7. The summed E-state index contributed by atoms with van der Waals surface area (Å²) in [6.45, 7) is 15.1. The standard InChI is InChI=1S/C11H15NO.2C2H6/c1-4-6-10(5-2)11(8-12)7-9(3)13;2*1-2/h4-8,12-13H,2H2,1,3H3;2*1-2H3/b6-4-,9-7+,11-10-,12-8?;;. The number of rotatable bonds is 4. The number of aliphatic hydroxyl groups is 1. The molecule has 0 radical (unpaired) electrons. The minimum atomic E-state index is 0.183. The fourth-order valence-electron chi connectivity index (χ4n) is 0.895. The van der Waals surface area contributed by atoms with Crippen LogP contribution in [0.2, 0.25) is 0 Å². The van der Waals surface area contributed by atoms with Crippen molar-refractivity contribution in [3.63, 3.8) is 0 Å². The lowest BCUT2D eigenvalue weighted by molar-refractivity contribution is 0.414. The van der Waals surface area contributed by atoms with E-state index >= 15 is 0 Å². The van der Waals surface area contributed by atoms with Crippen molar-refractivity contribution in [2.75, 3.05) is 0 Å². The van der Waals surface area contributed by atoms with Gasteiger partial charge >= 0.3 is 0 Å². The van der Waals surface area contributed by atoms with Gasteiger partial charge in [-0.2, -0.15) is 0 Å². The van der Waals surface area contributed by atoms with Crippen LogP contribution in [0.25, 0.3) is 0 Å². The van der Waals surface area contributed by atoms with Gasteiger partial charge < -0.3 is 10.5 Å². The molecular weight excluding hydrogens is 210 g/mol. The molecule has 0 amide bonds. The van der Waals surface area contributed by atoms with E-state index in [0.717, 1.165) is 5.57 Å². The Morgan fingerprint density at radius 2 is 1.59 bits per heavy atom. The van der Waals surface area contributed by atoms with Crippen LogP contribution in [-0.2, 0) is 0 Å². The van der Waals surface area contributed by atoms with Gasteiger partial charge in [-0.25, -0.2) is 0 Å². The summed E-state index contributed by atoms with van der Waals surface area (Å²) in [4.78, 5) is 0. The van der Waals surface area contributed by atoms with Gasteiger partial charge in [0.1, 0.15) is 0 Å². The third kappa shape index (κ3) is 12.4. The van der Waals surface area contributed by atoms with E-state index in [-0.39, 0.29) is 5.76 Å². The second kappa shape index (κ2) is 16.8. The van der Waals surface area contributed by atoms with Crippen molar-refractivity contribution in [1.82, 2.24) is 0 Å². The molecule has 0 rings (SSSR count). The first-order valence-corrected chi connectivity index (χ1v) is 6.02. The van der Waals surface area contributed by atoms with Gasteiger partial charge in [-0.1, -0.05) is 52.5 Å². The molecule has 0 bridgehead atoms. The van der Waals surface area contributed by atoms with Gasteiger partial charge in [0, 0.05) is 11.8 Å². The normalized spacial score (nSPS) is 11.5. The Labute approximate surface area is 107 Å². The van der Waals surface area contributed by atoms with Gasteiger partial charge in [0.2, 0.25) is 0 Å². The maximum absolute atomic E-state index is 9.03. The van der Waals surface area contributed by atoms with Crippen molar-refractivity contribution in [2.45, 2.75) is 41.5 Å². The van der Waals surface area contributed by atoms with Crippen molar-refractivity contribution in [3.05, 3.63) is 47.8 Å². The number of aliphatic hydroxyl groups excluding tert-OH is 1. The molecule has 17 heavy (non-hydrogen) atoms. The first kappa shape index (κ1) is 20.8. The van der Waals surface area contributed by atoms with Gasteiger partial charge in [-0.3, -0.25) is 0 Å². The van der Waals surface area contributed by atoms with Crippen LogP contribution < -0.4 is 0 Å². The zero-order chi connectivity index (χ0) is 14.3. The molecule has 0 saturated heterocycles. The number of hydrogen-bond acceptors (Lipinski definition) is 2. The molecule has 0 heterocycles. The Morgan fingerprint density at radius 3 is 1.82 bits per heavy atom. The van der Waals surface area contributed by atoms with Gasteiger partial charge in [-0.15, -0.1) is 0 Å². The predicted octanol–water partition coefficient (Wildman–Crippen LogP) is 5.21. The summed E-state index contributed by atoms with van der Waals surface area (Å²) in [5.41, 5.74) is 1.47. The summed E-state index contributed by atoms with van der Waals surface area (Å²) in [7, 11) is 0. The highest BCUT2D eigenvalue weighted by Gasteiger charge is 1.94. The zero-order valence-electron chi connectivity index (χ0n) is 12.0. The summed E-state index contributed by atoms with van der Waals surface area (Å²) < 4.78 is 0. The maximum atomic E-state index is 9.03. The minimum Gasteiger partial charge on any atom is -0.513 e. The number of hydrogen-bond donors (Lipinski definition) is 2. The summed E-state index contributed by atoms with van der Waals surface area (Å²) >= 11 is 0. The molecule has 0 aliphatic rings. The van der Waals surface area contributed by atoms with Crippen molar-refractivity contribution < 1.29 is 5.11 Å². The molecule has 98 valence electrons. The van der Waals surface area contributed by atoms with E-state index in [9.17, 15) is 0 Å². The third-order valence-corrected chi connectivity index (χ3v) is 1.42. The lowest BCUT2D eigenvalue weighted by atomic mass is 10.1. The predicted molar refractivity (Wildman–Crippen MR) is 79.9 cm³/mol. The van der Waals surface area contributed by atoms with Gasteiger partial charge in [0.05, 0.1) is 5.76 Å². The topological polar surface area (TPSA) is 44.1 Å². The Balaban J connectivity index is -0.000000439. The molecule has 2 N–H and O–H groups in total. The van der Waals surface area contributed by atoms with E-state index in [4.69, 9.17) is 10.5 Å². The van der Waals surface area contributed by atoms with Crippen LogP contribution in [0.5, 0.6) is 0 Å². The molecule has 0 spiro atoms. The Morgan fingerprint density at radius 1 is 1.12 bits per heavy atom. The molecule has 0 aromatic carbocycles. The molecule has 0 unspecified atom stereocenters. The molecule has 2 heteroatoms. The molecule has 0 fully saturated rings. The summed E-state index contributed by atoms with van der Waals surface area (Å²) in [6.07, 6.45) is 8.08. The van der Waals surface area contributed by atoms with Crippen LogP contribution in [0.3, 0.4) is 0 Å². The molecule has 2 nitrogen and oxygen atoms in total. The Kier molecular flexibility index (Phi) is 20.6. The average Bonchev–Trinajstić information content (AvgIpc) is 2.38. The molecule has 0 saturated carbocycles. The van der Waals surface area contributed by atoms with E-state index < -0.39 is 0 Å². The van der Waals surface area contributed by atoms with Gasteiger partial charge in [-0.05, 0) is 25.5 Å². The van der Waals surface area contributed by atoms with E-state index in [2.05, 4.69) is 6.58 Å². The lowest BCUT2D eigenvalue weighted by Gasteiger charge is -1.98. The second-order valence-corrected chi connectivity index (χ2v) is 2.54. The SMILES string of the molecule is C=CC(/C=C\C)=C(C=N)\C=C(/C)O.CC.CC. The average molecular weight is 237 g/mol. The largest absolute Gasteiger partial charge is 0.513 e. The zero-order valence-corrected chi connectivity index (χ0v) is 12.0. The van der Waals surface area contributed by atoms with Crippen LogP contribution in [0.15, 0.2) is 47.8 Å². The lowest BCUT2D eigenvalue weighted by Crippen LogP contribution is -1.86. The molecular formula is C15H27NO. The molecule has 0 atom stereocenters. The highest BCUT2D eigenvalue weighted by Crippen LogP contribution is 2.08. The molecule has 0 aliphatic heterocycles. The van der Waals surface area contributed by atoms with Crippen LogP contribution in [0.1, 0.15) is 41.5 Å². The summed E-state index contributed by atoms with van der Waals surface area (Å²) in [5.74, 6) is 0.183. The monoisotopic (exact) mass is 237 g/mol. The van der Waals surface area contributed by atoms with Crippen molar-refractivity contribution in [3.8, 4) is 0 Å². The fraction of sp³-hybridized carbons (Fsp3) is 0.400. The Hall–Kier alpha value is -1.57. The van der Waals surface area contributed by atoms with Crippen LogP contribution >= 0.6 is 0 Å². The van der Waals surface area contributed by atoms with E-state index in [1.54, 1.807) is 13.0 Å². The molecule has 0 aromatic heterocycles. The minimum absolute atomic E-state index is 0.183. The quantitative estimate of drug-likeness (QED) is 0.393. The van der Waals surface area contributed by atoms with Gasteiger partial charge in [0.25, 0.3) is 0 Å². The van der Waals surface area contributed by atoms with Crippen molar-refractivity contribution in [2.24, 2.45) is 0 Å². The highest BCUT2D eigenvalue weighted by atomic mass is 16.3. The third-order valence-electron chi connectivity index (χ3n) is 1.42. The Bertz CT molecular complexity index is 279. The van der Waals surface area contributed by atoms with E-state index in [1.807, 2.05) is 46.8 Å². The van der Waals surface area contributed by atoms with E-state index in [1.165, 1.54) is 12.3 Å². The summed E-state index contributed by atoms with van der Waals surface area (Å²) in [5, 5.41) is 16.2. The first-order chi connectivity index (χ1) is 8.15. The smallest absolute Gasteiger partial charge is 0.0898 e. The molecule has 0 aliphatic carbocycles. The van der Waals surface area contributed by atoms with Crippen molar-refractivity contribution >= 4 is 6.21 Å². The summed E-state index contributed by atoms with van der Waals surface area (Å²) in [6, 6.07) is 0. The van der Waals surface area contributed by atoms with Crippen molar-refractivity contribution in [1.29, 1.82) is 5.41 Å². The van der Waals surface area contributed by atoms with Crippen LogP contribution in [-0.4, -0.2) is 11.3 Å². The maximum Gasteiger partial charge on any atom is 0.0898 e. The second-order valence-electron chi connectivity index (χ2n) is 2.54. The van der Waals surface area contributed by atoms with E-state index in [0.29, 0.717) is 5.57 Å². The molecule has 0 aromatic rings. The van der Waals surface area contributed by atoms with Crippen LogP contribution in [0, 0.1) is 5.41 Å².